The number of carbonyl (C=O) groups excluding carboxylic acids is 1. The third-order valence-corrected chi connectivity index (χ3v) is 4.55. The largest absolute Gasteiger partial charge is 0.418 e. The summed E-state index contributed by atoms with van der Waals surface area (Å²) >= 11 is 0. The molecule has 31 heavy (non-hydrogen) atoms. The maximum atomic E-state index is 13.0. The molecule has 0 saturated heterocycles. The molecule has 10 heteroatoms. The van der Waals surface area contributed by atoms with Crippen LogP contribution in [0.5, 0.6) is 0 Å². The summed E-state index contributed by atoms with van der Waals surface area (Å²) in [7, 11) is 0. The first kappa shape index (κ1) is 22.3. The molecule has 0 bridgehead atoms. The summed E-state index contributed by atoms with van der Waals surface area (Å²) in [5, 5.41) is 17.2. The van der Waals surface area contributed by atoms with Crippen molar-refractivity contribution in [1.29, 1.82) is 0 Å². The van der Waals surface area contributed by atoms with Crippen molar-refractivity contribution >= 4 is 17.4 Å². The number of anilines is 2. The van der Waals surface area contributed by atoms with Gasteiger partial charge in [0.1, 0.15) is 0 Å². The average Bonchev–Trinajstić information content (AvgIpc) is 3.20. The summed E-state index contributed by atoms with van der Waals surface area (Å²) < 4.78 is 39.1. The van der Waals surface area contributed by atoms with Gasteiger partial charge in [0.15, 0.2) is 0 Å². The van der Waals surface area contributed by atoms with Crippen LogP contribution in [0.2, 0.25) is 0 Å². The molecule has 0 fully saturated rings. The van der Waals surface area contributed by atoms with Crippen molar-refractivity contribution in [2.75, 3.05) is 10.6 Å². The summed E-state index contributed by atoms with van der Waals surface area (Å²) in [5.74, 6) is 0.464. The third-order valence-electron chi connectivity index (χ3n) is 4.55. The predicted octanol–water partition coefficient (Wildman–Crippen LogP) is 5.58. The van der Waals surface area contributed by atoms with Gasteiger partial charge in [0.05, 0.1) is 17.8 Å². The first-order valence-electron chi connectivity index (χ1n) is 9.99. The summed E-state index contributed by atoms with van der Waals surface area (Å²) in [6.45, 7) is 2.85. The molecule has 0 radical (unpaired) electrons. The van der Waals surface area contributed by atoms with Gasteiger partial charge in [-0.1, -0.05) is 38.3 Å². The van der Waals surface area contributed by atoms with Crippen molar-refractivity contribution in [3.63, 3.8) is 0 Å². The Morgan fingerprint density at radius 3 is 2.45 bits per heavy atom. The number of halogens is 3. The maximum absolute atomic E-state index is 13.0. The second kappa shape index (κ2) is 10.1. The van der Waals surface area contributed by atoms with Crippen molar-refractivity contribution in [2.45, 2.75) is 45.3 Å². The minimum atomic E-state index is -4.56. The number of hydrogen-bond donors (Lipinski definition) is 2. The lowest BCUT2D eigenvalue weighted by Crippen LogP contribution is -2.21. The SMILES string of the molecule is CCCCCCn1nnc(-c2ccc(NC(=O)Nc3ccccc3C(F)(F)F)cc2)n1. The zero-order valence-electron chi connectivity index (χ0n) is 17.0. The van der Waals surface area contributed by atoms with E-state index in [4.69, 9.17) is 0 Å². The van der Waals surface area contributed by atoms with Crippen LogP contribution in [-0.4, -0.2) is 26.2 Å². The Kier molecular flexibility index (Phi) is 7.22. The molecule has 7 nitrogen and oxygen atoms in total. The van der Waals surface area contributed by atoms with Crippen LogP contribution < -0.4 is 10.6 Å². The Morgan fingerprint density at radius 1 is 1.00 bits per heavy atom. The fourth-order valence-electron chi connectivity index (χ4n) is 2.96. The average molecular weight is 432 g/mol. The van der Waals surface area contributed by atoms with Gasteiger partial charge in [0.2, 0.25) is 5.82 Å². The maximum Gasteiger partial charge on any atom is 0.418 e. The van der Waals surface area contributed by atoms with Gasteiger partial charge >= 0.3 is 12.2 Å². The molecule has 3 rings (SSSR count). The van der Waals surface area contributed by atoms with E-state index in [1.165, 1.54) is 24.6 Å². The van der Waals surface area contributed by atoms with Crippen LogP contribution in [-0.2, 0) is 12.7 Å². The van der Waals surface area contributed by atoms with Crippen LogP contribution in [0, 0.1) is 0 Å². The summed E-state index contributed by atoms with van der Waals surface area (Å²) in [6.07, 6.45) is -0.136. The summed E-state index contributed by atoms with van der Waals surface area (Å²) in [5.41, 5.74) is -0.0981. The number of urea groups is 1. The predicted molar refractivity (Wildman–Crippen MR) is 111 cm³/mol. The number of tetrazole rings is 1. The fraction of sp³-hybridized carbons (Fsp3) is 0.333. The minimum absolute atomic E-state index is 0.316. The minimum Gasteiger partial charge on any atom is -0.308 e. The van der Waals surface area contributed by atoms with Crippen molar-refractivity contribution in [3.8, 4) is 11.4 Å². The van der Waals surface area contributed by atoms with Crippen molar-refractivity contribution < 1.29 is 18.0 Å². The van der Waals surface area contributed by atoms with Gasteiger partial charge in [-0.2, -0.15) is 18.0 Å². The molecule has 2 N–H and O–H groups in total. The highest BCUT2D eigenvalue weighted by Crippen LogP contribution is 2.34. The zero-order chi connectivity index (χ0) is 22.3. The van der Waals surface area contributed by atoms with Gasteiger partial charge in [-0.15, -0.1) is 10.2 Å². The Labute approximate surface area is 177 Å². The van der Waals surface area contributed by atoms with E-state index in [9.17, 15) is 18.0 Å². The highest BCUT2D eigenvalue weighted by Gasteiger charge is 2.33. The molecule has 0 saturated carbocycles. The number of unbranched alkanes of at least 4 members (excludes halogenated alkanes) is 3. The first-order chi connectivity index (χ1) is 14.9. The third kappa shape index (κ3) is 6.27. The number of benzene rings is 2. The van der Waals surface area contributed by atoms with E-state index in [1.54, 1.807) is 29.1 Å². The lowest BCUT2D eigenvalue weighted by atomic mass is 10.1. The van der Waals surface area contributed by atoms with E-state index in [-0.39, 0.29) is 5.69 Å². The number of nitrogens with one attached hydrogen (secondary N) is 2. The Hall–Kier alpha value is -3.43. The molecule has 0 spiro atoms. The Bertz CT molecular complexity index is 1000. The van der Waals surface area contributed by atoms with Gasteiger partial charge in [-0.05, 0) is 48.0 Å². The number of amides is 2. The molecule has 0 aliphatic heterocycles. The van der Waals surface area contributed by atoms with Crippen LogP contribution in [0.25, 0.3) is 11.4 Å². The quantitative estimate of drug-likeness (QED) is 0.455. The second-order valence-corrected chi connectivity index (χ2v) is 6.97. The number of carbonyl (C=O) groups is 1. The first-order valence-corrected chi connectivity index (χ1v) is 9.99. The highest BCUT2D eigenvalue weighted by atomic mass is 19.4. The van der Waals surface area contributed by atoms with Crippen molar-refractivity contribution in [1.82, 2.24) is 20.2 Å². The number of hydrogen-bond acceptors (Lipinski definition) is 4. The van der Waals surface area contributed by atoms with E-state index in [1.807, 2.05) is 0 Å². The van der Waals surface area contributed by atoms with Gasteiger partial charge in [-0.25, -0.2) is 4.79 Å². The molecule has 2 aromatic carbocycles. The van der Waals surface area contributed by atoms with E-state index in [2.05, 4.69) is 33.0 Å². The van der Waals surface area contributed by atoms with Crippen LogP contribution >= 0.6 is 0 Å². The van der Waals surface area contributed by atoms with Gasteiger partial charge in [0, 0.05) is 11.3 Å². The topological polar surface area (TPSA) is 84.7 Å². The summed E-state index contributed by atoms with van der Waals surface area (Å²) in [6, 6.07) is 10.7. The van der Waals surface area contributed by atoms with E-state index >= 15 is 0 Å². The molecular weight excluding hydrogens is 409 g/mol. The fourth-order valence-corrected chi connectivity index (χ4v) is 2.96. The molecule has 164 valence electrons. The zero-order valence-corrected chi connectivity index (χ0v) is 17.0. The molecule has 0 aliphatic rings. The standard InChI is InChI=1S/C21H23F3N6O/c1-2-3-4-7-14-30-28-19(27-29-30)15-10-12-16(13-11-15)25-20(31)26-18-9-6-5-8-17(18)21(22,23)24/h5-6,8-13H,2-4,7,14H2,1H3,(H2,25,26,31). The van der Waals surface area contributed by atoms with Crippen molar-refractivity contribution in [3.05, 3.63) is 54.1 Å². The summed E-state index contributed by atoms with van der Waals surface area (Å²) in [4.78, 5) is 13.7. The number of nitrogens with zero attached hydrogens (tertiary/aromatic N) is 4. The van der Waals surface area contributed by atoms with Gasteiger partial charge in [0.25, 0.3) is 0 Å². The lowest BCUT2D eigenvalue weighted by molar-refractivity contribution is -0.136. The Morgan fingerprint density at radius 2 is 1.74 bits per heavy atom. The molecule has 1 aromatic heterocycles. The van der Waals surface area contributed by atoms with Crippen LogP contribution in [0.4, 0.5) is 29.3 Å². The number of alkyl halides is 3. The van der Waals surface area contributed by atoms with Crippen LogP contribution in [0.1, 0.15) is 38.2 Å². The van der Waals surface area contributed by atoms with E-state index in [0.29, 0.717) is 23.6 Å². The number of para-hydroxylation sites is 1. The monoisotopic (exact) mass is 432 g/mol. The number of rotatable bonds is 8. The normalized spacial score (nSPS) is 11.4. The van der Waals surface area contributed by atoms with Crippen molar-refractivity contribution in [2.24, 2.45) is 0 Å². The molecule has 0 unspecified atom stereocenters. The number of aromatic nitrogens is 4. The molecule has 0 atom stereocenters. The lowest BCUT2D eigenvalue weighted by Gasteiger charge is -2.14. The highest BCUT2D eigenvalue weighted by molar-refractivity contribution is 6.00. The second-order valence-electron chi connectivity index (χ2n) is 6.97. The van der Waals surface area contributed by atoms with Crippen LogP contribution in [0.3, 0.4) is 0 Å². The smallest absolute Gasteiger partial charge is 0.308 e. The van der Waals surface area contributed by atoms with Gasteiger partial charge in [-0.3, -0.25) is 0 Å². The molecule has 0 aliphatic carbocycles. The Balaban J connectivity index is 1.59. The van der Waals surface area contributed by atoms with Gasteiger partial charge < -0.3 is 10.6 Å². The number of aryl methyl sites for hydroxylation is 1. The van der Waals surface area contributed by atoms with E-state index in [0.717, 1.165) is 25.3 Å². The molecule has 1 heterocycles. The van der Waals surface area contributed by atoms with E-state index < -0.39 is 17.8 Å². The molecule has 3 aromatic rings. The molecular formula is C21H23F3N6O. The molecule has 2 amide bonds. The van der Waals surface area contributed by atoms with Crippen LogP contribution in [0.15, 0.2) is 48.5 Å².